The number of carbonyl (C=O) groups is 2. The molecule has 1 atom stereocenters. The first-order valence-electron chi connectivity index (χ1n) is 13.1. The number of amides is 1. The van der Waals surface area contributed by atoms with E-state index >= 15 is 0 Å². The van der Waals surface area contributed by atoms with Crippen LogP contribution in [0.15, 0.2) is 89.8 Å². The topological polar surface area (TPSA) is 127 Å². The van der Waals surface area contributed by atoms with Crippen molar-refractivity contribution in [2.45, 2.75) is 24.8 Å². The molecule has 4 aromatic carbocycles. The quantitative estimate of drug-likeness (QED) is 0.122. The monoisotopic (exact) mass is 669 g/mol. The van der Waals surface area contributed by atoms with Gasteiger partial charge in [0.25, 0.3) is 5.91 Å². The Kier molecular flexibility index (Phi) is 10.4. The zero-order valence-electron chi connectivity index (χ0n) is 23.5. The first-order chi connectivity index (χ1) is 20.8. The Morgan fingerprint density at radius 1 is 0.955 bits per heavy atom. The molecule has 0 heterocycles. The number of ether oxygens (including phenoxy) is 1. The van der Waals surface area contributed by atoms with E-state index in [-0.39, 0.29) is 50.1 Å². The Morgan fingerprint density at radius 2 is 1.61 bits per heavy atom. The van der Waals surface area contributed by atoms with Gasteiger partial charge in [0.1, 0.15) is 6.61 Å². The summed E-state index contributed by atoms with van der Waals surface area (Å²) in [6.45, 7) is 1.48. The molecule has 0 spiro atoms. The van der Waals surface area contributed by atoms with Crippen LogP contribution in [0.1, 0.15) is 34.8 Å². The third-order valence-corrected chi connectivity index (χ3v) is 9.49. The number of benzene rings is 4. The Bertz CT molecular complexity index is 1950. The van der Waals surface area contributed by atoms with Crippen molar-refractivity contribution in [3.8, 4) is 22.7 Å². The molecule has 4 aromatic rings. The van der Waals surface area contributed by atoms with Gasteiger partial charge < -0.3 is 14.9 Å². The van der Waals surface area contributed by atoms with E-state index in [0.29, 0.717) is 16.7 Å². The van der Waals surface area contributed by atoms with Gasteiger partial charge in [0.2, 0.25) is 0 Å². The van der Waals surface area contributed by atoms with Crippen LogP contribution >= 0.6 is 30.6 Å². The number of anilines is 1. The summed E-state index contributed by atoms with van der Waals surface area (Å²) in [6, 6.07) is 21.9. The number of halogens is 2. The van der Waals surface area contributed by atoms with Crippen molar-refractivity contribution in [2.75, 3.05) is 11.6 Å². The van der Waals surface area contributed by atoms with Crippen molar-refractivity contribution >= 4 is 63.3 Å². The summed E-state index contributed by atoms with van der Waals surface area (Å²) in [5.41, 5.74) is 4.14. The van der Waals surface area contributed by atoms with E-state index in [1.165, 1.54) is 36.4 Å². The lowest BCUT2D eigenvalue weighted by Crippen LogP contribution is -2.16. The second-order valence-corrected chi connectivity index (χ2v) is 14.3. The molecule has 0 saturated carbocycles. The molecule has 0 fully saturated rings. The Balaban J connectivity index is 1.73. The number of nitrogens with one attached hydrogen (secondary N) is 1. The van der Waals surface area contributed by atoms with E-state index in [4.69, 9.17) is 27.9 Å². The predicted octanol–water partition coefficient (Wildman–Crippen LogP) is 6.67. The van der Waals surface area contributed by atoms with Crippen LogP contribution < -0.4 is 10.6 Å². The molecule has 0 aliphatic rings. The molecule has 4 rings (SSSR count). The summed E-state index contributed by atoms with van der Waals surface area (Å²) in [5, 5.41) is 2.84. The molecule has 0 aliphatic carbocycles. The highest BCUT2D eigenvalue weighted by Crippen LogP contribution is 2.38. The first kappa shape index (κ1) is 33.0. The molecule has 0 aromatic heterocycles. The van der Waals surface area contributed by atoms with Crippen molar-refractivity contribution in [3.63, 3.8) is 0 Å². The minimum atomic E-state index is -3.99. The lowest BCUT2D eigenvalue weighted by Gasteiger charge is -2.18. The largest absolute Gasteiger partial charge is 0.461 e. The number of hydrogen-bond donors (Lipinski definition) is 2. The van der Waals surface area contributed by atoms with Gasteiger partial charge in [-0.15, -0.1) is 0 Å². The van der Waals surface area contributed by atoms with Crippen molar-refractivity contribution in [1.29, 1.82) is 0 Å². The van der Waals surface area contributed by atoms with Crippen molar-refractivity contribution in [3.05, 3.63) is 112 Å². The smallest absolute Gasteiger partial charge is 0.305 e. The summed E-state index contributed by atoms with van der Waals surface area (Å²) in [5.74, 6) is 1.46. The molecule has 0 aliphatic heterocycles. The summed E-state index contributed by atoms with van der Waals surface area (Å²) in [7, 11) is -7.52. The maximum Gasteiger partial charge on any atom is 0.305 e. The van der Waals surface area contributed by atoms with Gasteiger partial charge in [0.15, 0.2) is 9.84 Å². The van der Waals surface area contributed by atoms with E-state index in [0.717, 1.165) is 6.26 Å². The fourth-order valence-corrected chi connectivity index (χ4v) is 6.45. The maximum absolute atomic E-state index is 13.6. The SMILES string of the molecule is CCC(=O)OCc1cccc(-c2cccc(S(C)(=O)=O)c2)c1NC(=O)c1c(Cl)cc(C#CP(=O)(O)c2ccccc2)cc1Cl. The van der Waals surface area contributed by atoms with E-state index in [9.17, 15) is 27.5 Å². The highest BCUT2D eigenvalue weighted by Gasteiger charge is 2.22. The van der Waals surface area contributed by atoms with Crippen LogP contribution in [0, 0.1) is 11.6 Å². The minimum absolute atomic E-state index is 0.0673. The maximum atomic E-state index is 13.6. The van der Waals surface area contributed by atoms with Crippen LogP contribution in [-0.4, -0.2) is 31.4 Å². The van der Waals surface area contributed by atoms with Gasteiger partial charge in [-0.1, -0.05) is 84.6 Å². The van der Waals surface area contributed by atoms with E-state index in [1.54, 1.807) is 55.5 Å². The molecule has 0 bridgehead atoms. The van der Waals surface area contributed by atoms with Crippen molar-refractivity contribution < 1.29 is 32.2 Å². The Labute approximate surface area is 265 Å². The molecular weight excluding hydrogens is 644 g/mol. The van der Waals surface area contributed by atoms with Gasteiger partial charge in [-0.05, 0) is 47.6 Å². The molecule has 12 heteroatoms. The van der Waals surface area contributed by atoms with E-state index in [1.807, 2.05) is 0 Å². The van der Waals surface area contributed by atoms with Crippen LogP contribution in [0.4, 0.5) is 5.69 Å². The summed E-state index contributed by atoms with van der Waals surface area (Å²) in [4.78, 5) is 36.0. The Morgan fingerprint density at radius 3 is 2.25 bits per heavy atom. The Hall–Kier alpha value is -3.90. The summed E-state index contributed by atoms with van der Waals surface area (Å²) >= 11 is 12.9. The van der Waals surface area contributed by atoms with Gasteiger partial charge in [-0.2, -0.15) is 0 Å². The number of hydrogen-bond acceptors (Lipinski definition) is 6. The average Bonchev–Trinajstić information content (AvgIpc) is 2.99. The standard InChI is InChI=1S/C32H26Cl2NO7PS/c1-3-29(36)42-20-23-10-8-14-26(22-9-7-13-25(19-22)44(2,40)41)31(23)35-32(37)30-27(33)17-21(18-28(30)34)15-16-43(38,39)24-11-5-4-6-12-24/h4-14,17-19H,3,20H2,1-2H3,(H,35,37)(H,38,39). The molecule has 0 saturated heterocycles. The second kappa shape index (κ2) is 13.8. The normalized spacial score (nSPS) is 12.4. The average molecular weight is 671 g/mol. The molecule has 0 radical (unpaired) electrons. The van der Waals surface area contributed by atoms with Gasteiger partial charge >= 0.3 is 13.3 Å². The number of para-hydroxylation sites is 1. The first-order valence-corrected chi connectivity index (χ1v) is 17.4. The minimum Gasteiger partial charge on any atom is -0.461 e. The van der Waals surface area contributed by atoms with Gasteiger partial charge in [0, 0.05) is 34.7 Å². The third kappa shape index (κ3) is 7.97. The van der Waals surface area contributed by atoms with Gasteiger partial charge in [0.05, 0.1) is 26.2 Å². The van der Waals surface area contributed by atoms with Crippen molar-refractivity contribution in [1.82, 2.24) is 0 Å². The molecule has 1 amide bonds. The van der Waals surface area contributed by atoms with Crippen molar-refractivity contribution in [2.24, 2.45) is 0 Å². The fraction of sp³-hybridized carbons (Fsp3) is 0.125. The molecule has 1 unspecified atom stereocenters. The van der Waals surface area contributed by atoms with Gasteiger partial charge in [-0.3, -0.25) is 14.2 Å². The zero-order chi connectivity index (χ0) is 32.1. The van der Waals surface area contributed by atoms with E-state index in [2.05, 4.69) is 16.9 Å². The second-order valence-electron chi connectivity index (χ2n) is 9.57. The number of sulfone groups is 1. The molecular formula is C32H26Cl2NO7PS. The highest BCUT2D eigenvalue weighted by atomic mass is 35.5. The zero-order valence-corrected chi connectivity index (χ0v) is 26.7. The fourth-order valence-electron chi connectivity index (χ4n) is 4.14. The number of rotatable bonds is 8. The lowest BCUT2D eigenvalue weighted by molar-refractivity contribution is -0.144. The molecule has 8 nitrogen and oxygen atoms in total. The molecule has 2 N–H and O–H groups in total. The third-order valence-electron chi connectivity index (χ3n) is 6.37. The summed E-state index contributed by atoms with van der Waals surface area (Å²) < 4.78 is 42.5. The van der Waals surface area contributed by atoms with Crippen LogP contribution in [0.5, 0.6) is 0 Å². The van der Waals surface area contributed by atoms with E-state index < -0.39 is 29.1 Å². The summed E-state index contributed by atoms with van der Waals surface area (Å²) in [6.07, 6.45) is 1.24. The van der Waals surface area contributed by atoms with Crippen LogP contribution in [0.25, 0.3) is 11.1 Å². The lowest BCUT2D eigenvalue weighted by atomic mass is 9.99. The van der Waals surface area contributed by atoms with Gasteiger partial charge in [-0.25, -0.2) is 8.42 Å². The molecule has 44 heavy (non-hydrogen) atoms. The molecule has 226 valence electrons. The number of carbonyl (C=O) groups excluding carboxylic acids is 2. The highest BCUT2D eigenvalue weighted by molar-refractivity contribution is 7.90. The van der Waals surface area contributed by atoms with Crippen LogP contribution in [0.3, 0.4) is 0 Å². The van der Waals surface area contributed by atoms with Crippen LogP contribution in [-0.2, 0) is 30.5 Å². The van der Waals surface area contributed by atoms with Crippen LogP contribution in [0.2, 0.25) is 10.0 Å². The predicted molar refractivity (Wildman–Crippen MR) is 172 cm³/mol. The number of esters is 1.